The van der Waals surface area contributed by atoms with Crippen LogP contribution in [0.25, 0.3) is 0 Å². The number of hydrazone groups is 1. The van der Waals surface area contributed by atoms with Crippen molar-refractivity contribution in [2.24, 2.45) is 16.9 Å². The second kappa shape index (κ2) is 8.35. The molecule has 0 saturated carbocycles. The molecule has 0 spiro atoms. The number of nitrogens with zero attached hydrogens (tertiary/aromatic N) is 2. The van der Waals surface area contributed by atoms with E-state index >= 15 is 0 Å². The molecule has 1 aliphatic heterocycles. The van der Waals surface area contributed by atoms with E-state index in [2.05, 4.69) is 10.5 Å². The summed E-state index contributed by atoms with van der Waals surface area (Å²) in [5.41, 5.74) is 6.60. The van der Waals surface area contributed by atoms with Crippen molar-refractivity contribution in [1.29, 1.82) is 0 Å². The van der Waals surface area contributed by atoms with E-state index in [1.54, 1.807) is 42.6 Å². The van der Waals surface area contributed by atoms with Gasteiger partial charge in [-0.3, -0.25) is 14.4 Å². The van der Waals surface area contributed by atoms with E-state index in [1.165, 1.54) is 4.90 Å². The van der Waals surface area contributed by atoms with E-state index in [-0.39, 0.29) is 23.6 Å². The van der Waals surface area contributed by atoms with Crippen LogP contribution in [0.3, 0.4) is 0 Å². The summed E-state index contributed by atoms with van der Waals surface area (Å²) in [6.45, 7) is 0. The van der Waals surface area contributed by atoms with Gasteiger partial charge in [-0.25, -0.2) is 10.3 Å². The molecule has 4 aromatic rings. The maximum absolute atomic E-state index is 14.2. The Morgan fingerprint density at radius 3 is 1.92 bits per heavy atom. The van der Waals surface area contributed by atoms with Crippen LogP contribution in [-0.4, -0.2) is 23.9 Å². The smallest absolute Gasteiger partial charge is 0.271 e. The number of carbonyl (C=O) groups is 3. The molecule has 38 heavy (non-hydrogen) atoms. The molecule has 8 rings (SSSR count). The Morgan fingerprint density at radius 2 is 1.29 bits per heavy atom. The topological polar surface area (TPSA) is 78.8 Å². The van der Waals surface area contributed by atoms with Crippen molar-refractivity contribution < 1.29 is 14.4 Å². The molecule has 1 heterocycles. The summed E-state index contributed by atoms with van der Waals surface area (Å²) in [6, 6.07) is 33.9. The number of imide groups is 1. The normalized spacial score (nSPS) is 24.7. The molecule has 4 aliphatic rings. The third-order valence-corrected chi connectivity index (χ3v) is 8.17. The fourth-order valence-electron chi connectivity index (χ4n) is 6.73. The van der Waals surface area contributed by atoms with E-state index < -0.39 is 17.3 Å². The Bertz CT molecular complexity index is 1580. The SMILES string of the molecule is O=C(N/N=C\C12c3ccccc3C(c3ccccc31)[C@H]1C(=O)N(c3ccccc3)C(=O)[C@H]12)c1ccccc1. The van der Waals surface area contributed by atoms with Gasteiger partial charge in [0, 0.05) is 17.7 Å². The van der Waals surface area contributed by atoms with Gasteiger partial charge in [0.2, 0.25) is 11.8 Å². The Balaban J connectivity index is 1.42. The van der Waals surface area contributed by atoms with E-state index in [1.807, 2.05) is 72.8 Å². The molecule has 2 bridgehead atoms. The van der Waals surface area contributed by atoms with Gasteiger partial charge in [0.1, 0.15) is 0 Å². The predicted molar refractivity (Wildman–Crippen MR) is 144 cm³/mol. The van der Waals surface area contributed by atoms with Gasteiger partial charge < -0.3 is 0 Å². The average molecular weight is 498 g/mol. The largest absolute Gasteiger partial charge is 0.274 e. The fraction of sp³-hybridized carbons (Fsp3) is 0.125. The van der Waals surface area contributed by atoms with Crippen molar-refractivity contribution in [1.82, 2.24) is 5.43 Å². The number of benzene rings is 4. The van der Waals surface area contributed by atoms with Crippen LogP contribution < -0.4 is 10.3 Å². The highest BCUT2D eigenvalue weighted by molar-refractivity contribution is 6.25. The Morgan fingerprint density at radius 1 is 0.737 bits per heavy atom. The number of amides is 3. The van der Waals surface area contributed by atoms with Crippen molar-refractivity contribution in [3.8, 4) is 0 Å². The zero-order valence-electron chi connectivity index (χ0n) is 20.3. The zero-order chi connectivity index (χ0) is 25.9. The molecule has 1 N–H and O–H groups in total. The van der Waals surface area contributed by atoms with Gasteiger partial charge in [0.05, 0.1) is 22.9 Å². The maximum Gasteiger partial charge on any atom is 0.271 e. The number of carbonyl (C=O) groups excluding carboxylic acids is 3. The van der Waals surface area contributed by atoms with Crippen LogP contribution in [0.1, 0.15) is 38.5 Å². The zero-order valence-corrected chi connectivity index (χ0v) is 20.3. The Labute approximate surface area is 219 Å². The summed E-state index contributed by atoms with van der Waals surface area (Å²) in [4.78, 5) is 42.4. The third kappa shape index (κ3) is 2.94. The monoisotopic (exact) mass is 497 g/mol. The fourth-order valence-corrected chi connectivity index (χ4v) is 6.73. The second-order valence-electron chi connectivity index (χ2n) is 9.94. The van der Waals surface area contributed by atoms with Gasteiger partial charge in [-0.15, -0.1) is 0 Å². The predicted octanol–water partition coefficient (Wildman–Crippen LogP) is 4.65. The first-order valence-electron chi connectivity index (χ1n) is 12.6. The van der Waals surface area contributed by atoms with Crippen LogP contribution in [-0.2, 0) is 15.0 Å². The summed E-state index contributed by atoms with van der Waals surface area (Å²) in [5, 5.41) is 4.45. The number of hydrogen-bond donors (Lipinski definition) is 1. The van der Waals surface area contributed by atoms with E-state index in [9.17, 15) is 14.4 Å². The molecule has 3 aliphatic carbocycles. The molecule has 6 heteroatoms. The summed E-state index contributed by atoms with van der Waals surface area (Å²) >= 11 is 0. The summed E-state index contributed by atoms with van der Waals surface area (Å²) in [6.07, 6.45) is 1.68. The number of rotatable bonds is 4. The van der Waals surface area contributed by atoms with Crippen LogP contribution >= 0.6 is 0 Å². The maximum atomic E-state index is 14.2. The van der Waals surface area contributed by atoms with Crippen LogP contribution in [0.15, 0.2) is 114 Å². The molecule has 6 nitrogen and oxygen atoms in total. The Kier molecular flexibility index (Phi) is 4.91. The number of hydrogen-bond acceptors (Lipinski definition) is 4. The first kappa shape index (κ1) is 22.4. The highest BCUT2D eigenvalue weighted by Gasteiger charge is 2.68. The highest BCUT2D eigenvalue weighted by Crippen LogP contribution is 2.63. The van der Waals surface area contributed by atoms with E-state index in [0.29, 0.717) is 11.3 Å². The van der Waals surface area contributed by atoms with Gasteiger partial charge in [-0.1, -0.05) is 84.9 Å². The molecule has 0 unspecified atom stereocenters. The molecule has 0 aromatic heterocycles. The van der Waals surface area contributed by atoms with Gasteiger partial charge in [0.25, 0.3) is 5.91 Å². The lowest BCUT2D eigenvalue weighted by molar-refractivity contribution is -0.122. The van der Waals surface area contributed by atoms with Crippen molar-refractivity contribution >= 4 is 29.6 Å². The molecule has 1 fully saturated rings. The molecule has 3 amide bonds. The molecule has 4 aromatic carbocycles. The van der Waals surface area contributed by atoms with Crippen molar-refractivity contribution in [3.05, 3.63) is 137 Å². The second-order valence-corrected chi connectivity index (χ2v) is 9.94. The molecule has 2 atom stereocenters. The number of anilines is 1. The summed E-state index contributed by atoms with van der Waals surface area (Å²) in [7, 11) is 0. The minimum atomic E-state index is -1.02. The average Bonchev–Trinajstić information content (AvgIpc) is 3.24. The minimum absolute atomic E-state index is 0.202. The molecular formula is C32H23N3O3. The lowest BCUT2D eigenvalue weighted by atomic mass is 9.47. The third-order valence-electron chi connectivity index (χ3n) is 8.17. The molecule has 0 radical (unpaired) electrons. The Hall–Kier alpha value is -4.84. The highest BCUT2D eigenvalue weighted by atomic mass is 16.2. The summed E-state index contributed by atoms with van der Waals surface area (Å²) in [5.74, 6) is -2.31. The lowest BCUT2D eigenvalue weighted by Gasteiger charge is -2.52. The quantitative estimate of drug-likeness (QED) is 0.253. The van der Waals surface area contributed by atoms with Crippen molar-refractivity contribution in [2.45, 2.75) is 11.3 Å². The van der Waals surface area contributed by atoms with Gasteiger partial charge in [0.15, 0.2) is 0 Å². The van der Waals surface area contributed by atoms with Crippen molar-refractivity contribution in [3.63, 3.8) is 0 Å². The van der Waals surface area contributed by atoms with Crippen LogP contribution in [0.5, 0.6) is 0 Å². The van der Waals surface area contributed by atoms with Gasteiger partial charge >= 0.3 is 0 Å². The molecule has 1 saturated heterocycles. The number of nitrogens with one attached hydrogen (secondary N) is 1. The van der Waals surface area contributed by atoms with Crippen LogP contribution in [0.2, 0.25) is 0 Å². The minimum Gasteiger partial charge on any atom is -0.274 e. The lowest BCUT2D eigenvalue weighted by Crippen LogP contribution is -2.54. The summed E-state index contributed by atoms with van der Waals surface area (Å²) < 4.78 is 0. The first-order valence-corrected chi connectivity index (χ1v) is 12.6. The van der Waals surface area contributed by atoms with Gasteiger partial charge in [-0.2, -0.15) is 5.10 Å². The molecule has 184 valence electrons. The van der Waals surface area contributed by atoms with Crippen LogP contribution in [0.4, 0.5) is 5.69 Å². The van der Waals surface area contributed by atoms with E-state index in [0.717, 1.165) is 22.3 Å². The molecular weight excluding hydrogens is 474 g/mol. The first-order chi connectivity index (χ1) is 18.6. The van der Waals surface area contributed by atoms with Crippen LogP contribution in [0, 0.1) is 11.8 Å². The number of para-hydroxylation sites is 1. The van der Waals surface area contributed by atoms with Crippen molar-refractivity contribution in [2.75, 3.05) is 4.90 Å². The van der Waals surface area contributed by atoms with E-state index in [4.69, 9.17) is 0 Å². The van der Waals surface area contributed by atoms with Gasteiger partial charge in [-0.05, 0) is 46.5 Å². The standard InChI is InChI=1S/C32H23N3O3/c36-29(20-11-3-1-4-12-20)34-33-19-32-24-17-9-7-15-22(24)26(23-16-8-10-18-25(23)32)27-28(32)31(38)35(30(27)37)21-13-5-2-6-14-21/h1-19,26-28H,(H,34,36)/b33-19-/t26?,27-,28+,32?/m1/s1.